The molecule has 2 saturated heterocycles. The predicted octanol–water partition coefficient (Wildman–Crippen LogP) is 2.08. The Labute approximate surface area is 174 Å². The van der Waals surface area contributed by atoms with Crippen LogP contribution in [0.25, 0.3) is 0 Å². The van der Waals surface area contributed by atoms with E-state index in [1.165, 1.54) is 6.33 Å². The third-order valence-corrected chi connectivity index (χ3v) is 5.83. The second kappa shape index (κ2) is 8.64. The van der Waals surface area contributed by atoms with Crippen molar-refractivity contribution in [2.24, 2.45) is 0 Å². The first-order chi connectivity index (χ1) is 14.6. The molecular weight excluding hydrogens is 387 g/mol. The van der Waals surface area contributed by atoms with E-state index < -0.39 is 5.82 Å². The minimum Gasteiger partial charge on any atom is -0.381 e. The zero-order valence-corrected chi connectivity index (χ0v) is 16.6. The van der Waals surface area contributed by atoms with Crippen molar-refractivity contribution in [3.05, 3.63) is 42.0 Å². The molecule has 2 atom stereocenters. The minimum absolute atomic E-state index is 0.0106. The van der Waals surface area contributed by atoms with Crippen molar-refractivity contribution in [3.63, 3.8) is 0 Å². The van der Waals surface area contributed by atoms with Crippen LogP contribution in [0.15, 0.2) is 30.6 Å². The van der Waals surface area contributed by atoms with Gasteiger partial charge in [0.1, 0.15) is 12.4 Å². The van der Waals surface area contributed by atoms with Gasteiger partial charge >= 0.3 is 0 Å². The Bertz CT molecular complexity index is 939. The van der Waals surface area contributed by atoms with Gasteiger partial charge in [0.2, 0.25) is 11.7 Å². The van der Waals surface area contributed by atoms with Crippen molar-refractivity contribution < 1.29 is 14.0 Å². The fraction of sp³-hybridized carbons (Fsp3) is 0.429. The van der Waals surface area contributed by atoms with Gasteiger partial charge in [-0.25, -0.2) is 9.97 Å². The molecule has 2 aromatic rings. The maximum atomic E-state index is 14.4. The number of amides is 1. The highest BCUT2D eigenvalue weighted by atomic mass is 19.1. The van der Waals surface area contributed by atoms with Gasteiger partial charge in [0.15, 0.2) is 17.9 Å². The average molecular weight is 412 g/mol. The van der Waals surface area contributed by atoms with Crippen LogP contribution in [0.2, 0.25) is 0 Å². The van der Waals surface area contributed by atoms with Gasteiger partial charge in [-0.1, -0.05) is 12.1 Å². The first-order valence-electron chi connectivity index (χ1n) is 10.2. The number of halogens is 1. The molecule has 2 aliphatic heterocycles. The van der Waals surface area contributed by atoms with Crippen LogP contribution < -0.4 is 16.0 Å². The summed E-state index contributed by atoms with van der Waals surface area (Å²) in [5.74, 6) is -0.592. The van der Waals surface area contributed by atoms with E-state index in [0.717, 1.165) is 25.5 Å². The van der Waals surface area contributed by atoms with Crippen molar-refractivity contribution >= 4 is 29.5 Å². The molecule has 2 fully saturated rings. The molecule has 2 aliphatic rings. The Morgan fingerprint density at radius 3 is 2.80 bits per heavy atom. The van der Waals surface area contributed by atoms with Crippen LogP contribution in [0.1, 0.15) is 36.0 Å². The SMILES string of the molecule is Nc1ncnc(N2CCC[C@@H](N3CCCC(Nc4ccccc4C=O)C3=O)C2)c1F. The first kappa shape index (κ1) is 20.1. The largest absolute Gasteiger partial charge is 0.381 e. The number of carbonyl (C=O) groups excluding carboxylic acids is 2. The fourth-order valence-electron chi connectivity index (χ4n) is 4.31. The number of nitrogens with zero attached hydrogens (tertiary/aromatic N) is 4. The third-order valence-electron chi connectivity index (χ3n) is 5.83. The standard InChI is InChI=1S/C21H25FN6O2/c22-18-19(23)24-13-25-20(18)27-9-3-6-15(11-27)28-10-4-8-17(21(28)30)26-16-7-2-1-5-14(16)12-29/h1-2,5,7,12-13,15,17,26H,3-4,6,8-11H2,(H2,23,24,25)/t15-,17?/m1/s1. The van der Waals surface area contributed by atoms with E-state index in [0.29, 0.717) is 37.3 Å². The molecule has 0 saturated carbocycles. The number of hydrogen-bond acceptors (Lipinski definition) is 7. The average Bonchev–Trinajstić information content (AvgIpc) is 2.77. The van der Waals surface area contributed by atoms with Gasteiger partial charge < -0.3 is 20.9 Å². The second-order valence-corrected chi connectivity index (χ2v) is 7.71. The maximum Gasteiger partial charge on any atom is 0.245 e. The van der Waals surface area contributed by atoms with E-state index in [2.05, 4.69) is 15.3 Å². The number of nitrogen functional groups attached to an aromatic ring is 1. The number of anilines is 3. The van der Waals surface area contributed by atoms with Crippen LogP contribution in [0.3, 0.4) is 0 Å². The Morgan fingerprint density at radius 1 is 1.17 bits per heavy atom. The summed E-state index contributed by atoms with van der Waals surface area (Å²) < 4.78 is 14.4. The van der Waals surface area contributed by atoms with E-state index in [1.807, 2.05) is 15.9 Å². The molecule has 9 heteroatoms. The highest BCUT2D eigenvalue weighted by molar-refractivity contribution is 5.89. The van der Waals surface area contributed by atoms with Crippen molar-refractivity contribution in [2.75, 3.05) is 35.6 Å². The van der Waals surface area contributed by atoms with Gasteiger partial charge in [0.05, 0.1) is 0 Å². The van der Waals surface area contributed by atoms with Gasteiger partial charge in [0.25, 0.3) is 0 Å². The van der Waals surface area contributed by atoms with Gasteiger partial charge in [-0.05, 0) is 37.8 Å². The molecule has 158 valence electrons. The van der Waals surface area contributed by atoms with Gasteiger partial charge in [-0.2, -0.15) is 4.39 Å². The summed E-state index contributed by atoms with van der Waals surface area (Å²) in [5, 5.41) is 3.25. The topological polar surface area (TPSA) is 104 Å². The summed E-state index contributed by atoms with van der Waals surface area (Å²) in [7, 11) is 0. The number of aldehydes is 1. The molecule has 30 heavy (non-hydrogen) atoms. The highest BCUT2D eigenvalue weighted by Crippen LogP contribution is 2.28. The zero-order valence-electron chi connectivity index (χ0n) is 16.6. The van der Waals surface area contributed by atoms with Crippen molar-refractivity contribution in [1.29, 1.82) is 0 Å². The van der Waals surface area contributed by atoms with E-state index in [-0.39, 0.29) is 29.6 Å². The van der Waals surface area contributed by atoms with Gasteiger partial charge in [0, 0.05) is 36.9 Å². The van der Waals surface area contributed by atoms with Crippen LogP contribution in [-0.2, 0) is 4.79 Å². The number of benzene rings is 1. The van der Waals surface area contributed by atoms with Crippen LogP contribution in [0.4, 0.5) is 21.7 Å². The molecule has 1 unspecified atom stereocenters. The summed E-state index contributed by atoms with van der Waals surface area (Å²) in [6.07, 6.45) is 5.28. The highest BCUT2D eigenvalue weighted by Gasteiger charge is 2.36. The summed E-state index contributed by atoms with van der Waals surface area (Å²) >= 11 is 0. The number of carbonyl (C=O) groups is 2. The molecule has 3 heterocycles. The Hall–Kier alpha value is -3.23. The lowest BCUT2D eigenvalue weighted by atomic mass is 9.97. The summed E-state index contributed by atoms with van der Waals surface area (Å²) in [4.78, 5) is 36.0. The van der Waals surface area contributed by atoms with Crippen molar-refractivity contribution in [3.8, 4) is 0 Å². The molecule has 0 spiro atoms. The molecule has 8 nitrogen and oxygen atoms in total. The van der Waals surface area contributed by atoms with Crippen molar-refractivity contribution in [1.82, 2.24) is 14.9 Å². The second-order valence-electron chi connectivity index (χ2n) is 7.71. The minimum atomic E-state index is -0.617. The molecule has 1 aromatic heterocycles. The Kier molecular flexibility index (Phi) is 5.78. The number of nitrogens with one attached hydrogen (secondary N) is 1. The van der Waals surface area contributed by atoms with Crippen LogP contribution in [0, 0.1) is 5.82 Å². The van der Waals surface area contributed by atoms with Crippen LogP contribution in [0.5, 0.6) is 0 Å². The Balaban J connectivity index is 1.48. The van der Waals surface area contributed by atoms with Crippen molar-refractivity contribution in [2.45, 2.75) is 37.8 Å². The number of nitrogens with two attached hydrogens (primary N) is 1. The molecule has 0 radical (unpaired) electrons. The van der Waals surface area contributed by atoms with Gasteiger partial charge in [-0.3, -0.25) is 9.59 Å². The number of para-hydroxylation sites is 1. The summed E-state index contributed by atoms with van der Waals surface area (Å²) in [6, 6.07) is 6.73. The van der Waals surface area contributed by atoms with E-state index in [9.17, 15) is 14.0 Å². The lowest BCUT2D eigenvalue weighted by Gasteiger charge is -2.43. The van der Waals surface area contributed by atoms with Crippen LogP contribution in [-0.4, -0.2) is 58.8 Å². The Morgan fingerprint density at radius 2 is 1.97 bits per heavy atom. The molecule has 1 amide bonds. The molecule has 4 rings (SSSR count). The quantitative estimate of drug-likeness (QED) is 0.725. The van der Waals surface area contributed by atoms with E-state index in [1.54, 1.807) is 18.2 Å². The zero-order chi connectivity index (χ0) is 21.1. The monoisotopic (exact) mass is 412 g/mol. The molecular formula is C21H25FN6O2. The summed E-state index contributed by atoms with van der Waals surface area (Å²) in [5.41, 5.74) is 6.79. The smallest absolute Gasteiger partial charge is 0.245 e. The fourth-order valence-corrected chi connectivity index (χ4v) is 4.31. The summed E-state index contributed by atoms with van der Waals surface area (Å²) in [6.45, 7) is 1.82. The number of hydrogen-bond donors (Lipinski definition) is 2. The van der Waals surface area contributed by atoms with E-state index >= 15 is 0 Å². The number of rotatable bonds is 5. The predicted molar refractivity (Wildman–Crippen MR) is 112 cm³/mol. The van der Waals surface area contributed by atoms with Gasteiger partial charge in [-0.15, -0.1) is 0 Å². The molecule has 0 aliphatic carbocycles. The molecule has 0 bridgehead atoms. The number of aromatic nitrogens is 2. The maximum absolute atomic E-state index is 14.4. The third kappa shape index (κ3) is 3.92. The normalized spacial score (nSPS) is 22.1. The first-order valence-corrected chi connectivity index (χ1v) is 10.2. The molecule has 1 aromatic carbocycles. The lowest BCUT2D eigenvalue weighted by molar-refractivity contribution is -0.137. The lowest BCUT2D eigenvalue weighted by Crippen LogP contribution is -2.56. The van der Waals surface area contributed by atoms with E-state index in [4.69, 9.17) is 5.73 Å². The van der Waals surface area contributed by atoms with Crippen LogP contribution >= 0.6 is 0 Å². The number of piperidine rings is 2. The molecule has 3 N–H and O–H groups in total. The number of likely N-dealkylation sites (tertiary alicyclic amines) is 1.